The Morgan fingerprint density at radius 3 is 2.16 bits per heavy atom. The Balaban J connectivity index is 2.06. The molecule has 0 bridgehead atoms. The summed E-state index contributed by atoms with van der Waals surface area (Å²) in [6.07, 6.45) is 1.94. The third kappa shape index (κ3) is 3.68. The van der Waals surface area contributed by atoms with Crippen molar-refractivity contribution in [1.82, 2.24) is 0 Å². The fourth-order valence-corrected chi connectivity index (χ4v) is 1.87. The minimum Gasteiger partial charge on any atom is -0.378 e. The van der Waals surface area contributed by atoms with Gasteiger partial charge in [0.05, 0.1) is 6.04 Å². The summed E-state index contributed by atoms with van der Waals surface area (Å²) in [7, 11) is 4.08. The summed E-state index contributed by atoms with van der Waals surface area (Å²) < 4.78 is 0. The normalized spacial score (nSPS) is 12.6. The highest BCUT2D eigenvalue weighted by Gasteiger charge is 2.00. The average molecular weight is 252 g/mol. The zero-order valence-corrected chi connectivity index (χ0v) is 11.7. The van der Waals surface area contributed by atoms with E-state index in [1.165, 1.54) is 11.3 Å². The van der Waals surface area contributed by atoms with E-state index in [1.54, 1.807) is 0 Å². The molecule has 19 heavy (non-hydrogen) atoms. The van der Waals surface area contributed by atoms with E-state index in [0.29, 0.717) is 0 Å². The van der Waals surface area contributed by atoms with Gasteiger partial charge >= 0.3 is 0 Å². The zero-order chi connectivity index (χ0) is 13.7. The van der Waals surface area contributed by atoms with Crippen molar-refractivity contribution in [2.75, 3.05) is 19.0 Å². The molecule has 0 aliphatic rings. The molecule has 0 saturated heterocycles. The lowest BCUT2D eigenvalue weighted by molar-refractivity contribution is 0.825. The van der Waals surface area contributed by atoms with E-state index in [4.69, 9.17) is 0 Å². The van der Waals surface area contributed by atoms with Crippen molar-refractivity contribution in [2.45, 2.75) is 13.0 Å². The molecule has 0 fully saturated rings. The molecular weight excluding hydrogens is 232 g/mol. The molecule has 0 radical (unpaired) electrons. The van der Waals surface area contributed by atoms with E-state index in [1.807, 2.05) is 38.5 Å². The largest absolute Gasteiger partial charge is 0.378 e. The topological polar surface area (TPSA) is 15.6 Å². The fourth-order valence-electron chi connectivity index (χ4n) is 1.87. The van der Waals surface area contributed by atoms with Crippen LogP contribution >= 0.6 is 0 Å². The van der Waals surface area contributed by atoms with Gasteiger partial charge in [-0.15, -0.1) is 0 Å². The van der Waals surface area contributed by atoms with Crippen LogP contribution in [-0.2, 0) is 0 Å². The molecule has 0 N–H and O–H groups in total. The number of hydrogen-bond donors (Lipinski definition) is 0. The van der Waals surface area contributed by atoms with Crippen LogP contribution in [0.1, 0.15) is 24.1 Å². The molecule has 0 amide bonds. The maximum atomic E-state index is 4.60. The van der Waals surface area contributed by atoms with Crippen molar-refractivity contribution in [1.29, 1.82) is 0 Å². The van der Waals surface area contributed by atoms with Crippen molar-refractivity contribution >= 4 is 11.9 Å². The van der Waals surface area contributed by atoms with Gasteiger partial charge in [0.25, 0.3) is 0 Å². The van der Waals surface area contributed by atoms with Crippen LogP contribution in [0.15, 0.2) is 59.6 Å². The standard InChI is InChI=1S/C17H20N2/c1-14(16-7-5-4-6-8-16)18-13-15-9-11-17(12-10-15)19(2)3/h4-14H,1-3H3/t14-/m0/s1. The molecule has 2 nitrogen and oxygen atoms in total. The van der Waals surface area contributed by atoms with Crippen LogP contribution < -0.4 is 4.90 Å². The maximum Gasteiger partial charge on any atom is 0.0721 e. The van der Waals surface area contributed by atoms with Gasteiger partial charge in [-0.3, -0.25) is 4.99 Å². The highest BCUT2D eigenvalue weighted by Crippen LogP contribution is 2.16. The predicted octanol–water partition coefficient (Wildman–Crippen LogP) is 3.93. The monoisotopic (exact) mass is 252 g/mol. The lowest BCUT2D eigenvalue weighted by Crippen LogP contribution is -2.08. The molecule has 2 aromatic carbocycles. The van der Waals surface area contributed by atoms with Gasteiger partial charge in [0.1, 0.15) is 0 Å². The van der Waals surface area contributed by atoms with E-state index >= 15 is 0 Å². The number of nitrogens with zero attached hydrogens (tertiary/aromatic N) is 2. The number of benzene rings is 2. The molecule has 2 heteroatoms. The summed E-state index contributed by atoms with van der Waals surface area (Å²) in [5, 5.41) is 0. The quantitative estimate of drug-likeness (QED) is 0.753. The smallest absolute Gasteiger partial charge is 0.0721 e. The molecule has 98 valence electrons. The lowest BCUT2D eigenvalue weighted by Gasteiger charge is -2.12. The SMILES string of the molecule is C[C@H](N=Cc1ccc(N(C)C)cc1)c1ccccc1. The molecule has 0 heterocycles. The van der Waals surface area contributed by atoms with Crippen LogP contribution in [-0.4, -0.2) is 20.3 Å². The molecule has 0 spiro atoms. The van der Waals surface area contributed by atoms with Gasteiger partial charge in [0.15, 0.2) is 0 Å². The first-order chi connectivity index (χ1) is 9.16. The fraction of sp³-hybridized carbons (Fsp3) is 0.235. The Kier molecular flexibility index (Phi) is 4.35. The molecule has 2 rings (SSSR count). The van der Waals surface area contributed by atoms with Gasteiger partial charge in [-0.25, -0.2) is 0 Å². The van der Waals surface area contributed by atoms with Gasteiger partial charge < -0.3 is 4.90 Å². The summed E-state index contributed by atoms with van der Waals surface area (Å²) in [4.78, 5) is 6.69. The molecule has 0 aromatic heterocycles. The highest BCUT2D eigenvalue weighted by molar-refractivity contribution is 5.80. The first kappa shape index (κ1) is 13.3. The van der Waals surface area contributed by atoms with Gasteiger partial charge in [-0.1, -0.05) is 42.5 Å². The Bertz CT molecular complexity index is 527. The van der Waals surface area contributed by atoms with Crippen LogP contribution in [0.3, 0.4) is 0 Å². The second-order valence-electron chi connectivity index (χ2n) is 4.85. The first-order valence-corrected chi connectivity index (χ1v) is 6.52. The van der Waals surface area contributed by atoms with Gasteiger partial charge in [0.2, 0.25) is 0 Å². The van der Waals surface area contributed by atoms with Crippen LogP contribution in [0.2, 0.25) is 0 Å². The Morgan fingerprint density at radius 2 is 1.58 bits per heavy atom. The number of aliphatic imine (C=N–C) groups is 1. The molecular formula is C17H20N2. The van der Waals surface area contributed by atoms with Crippen LogP contribution in [0, 0.1) is 0 Å². The Morgan fingerprint density at radius 1 is 0.947 bits per heavy atom. The molecule has 0 aliphatic heterocycles. The third-order valence-electron chi connectivity index (χ3n) is 3.14. The summed E-state index contributed by atoms with van der Waals surface area (Å²) in [5.74, 6) is 0. The number of anilines is 1. The predicted molar refractivity (Wildman–Crippen MR) is 83.2 cm³/mol. The Hall–Kier alpha value is -2.09. The van der Waals surface area contributed by atoms with Crippen molar-refractivity contribution in [2.24, 2.45) is 4.99 Å². The average Bonchev–Trinajstić information content (AvgIpc) is 2.46. The van der Waals surface area contributed by atoms with Crippen LogP contribution in [0.4, 0.5) is 5.69 Å². The van der Waals surface area contributed by atoms with E-state index in [-0.39, 0.29) is 6.04 Å². The molecule has 0 unspecified atom stereocenters. The molecule has 1 atom stereocenters. The summed E-state index contributed by atoms with van der Waals surface area (Å²) in [6, 6.07) is 18.9. The number of hydrogen-bond acceptors (Lipinski definition) is 2. The third-order valence-corrected chi connectivity index (χ3v) is 3.14. The van der Waals surface area contributed by atoms with Crippen molar-refractivity contribution in [3.63, 3.8) is 0 Å². The van der Waals surface area contributed by atoms with E-state index in [0.717, 1.165) is 5.56 Å². The van der Waals surface area contributed by atoms with Crippen LogP contribution in [0.25, 0.3) is 0 Å². The maximum absolute atomic E-state index is 4.60. The van der Waals surface area contributed by atoms with Gasteiger partial charge in [0, 0.05) is 26.0 Å². The summed E-state index contributed by atoms with van der Waals surface area (Å²) >= 11 is 0. The first-order valence-electron chi connectivity index (χ1n) is 6.52. The van der Waals surface area contributed by atoms with E-state index < -0.39 is 0 Å². The summed E-state index contributed by atoms with van der Waals surface area (Å²) in [5.41, 5.74) is 3.57. The van der Waals surface area contributed by atoms with Crippen molar-refractivity contribution in [3.8, 4) is 0 Å². The minimum absolute atomic E-state index is 0.190. The van der Waals surface area contributed by atoms with Gasteiger partial charge in [-0.05, 0) is 30.2 Å². The van der Waals surface area contributed by atoms with Crippen molar-refractivity contribution in [3.05, 3.63) is 65.7 Å². The number of rotatable bonds is 4. The van der Waals surface area contributed by atoms with Crippen LogP contribution in [0.5, 0.6) is 0 Å². The Labute approximate surface area is 115 Å². The van der Waals surface area contributed by atoms with E-state index in [9.17, 15) is 0 Å². The summed E-state index contributed by atoms with van der Waals surface area (Å²) in [6.45, 7) is 2.11. The molecule has 2 aromatic rings. The highest BCUT2D eigenvalue weighted by atomic mass is 15.1. The van der Waals surface area contributed by atoms with Gasteiger partial charge in [-0.2, -0.15) is 0 Å². The second-order valence-corrected chi connectivity index (χ2v) is 4.85. The van der Waals surface area contributed by atoms with E-state index in [2.05, 4.69) is 53.2 Å². The molecule has 0 saturated carbocycles. The zero-order valence-electron chi connectivity index (χ0n) is 11.7. The lowest BCUT2D eigenvalue weighted by atomic mass is 10.1. The second kappa shape index (κ2) is 6.19. The van der Waals surface area contributed by atoms with Crippen molar-refractivity contribution < 1.29 is 0 Å². The minimum atomic E-state index is 0.190. The molecule has 0 aliphatic carbocycles.